The summed E-state index contributed by atoms with van der Waals surface area (Å²) in [5, 5.41) is 3.47. The largest absolute Gasteiger partial charge is 0.365 e. The summed E-state index contributed by atoms with van der Waals surface area (Å²) < 4.78 is 0. The highest BCUT2D eigenvalue weighted by molar-refractivity contribution is 5.48. The number of pyridine rings is 1. The van der Waals surface area contributed by atoms with Crippen LogP contribution in [0.3, 0.4) is 0 Å². The average Bonchev–Trinajstić information content (AvgIpc) is 2.63. The van der Waals surface area contributed by atoms with Gasteiger partial charge >= 0.3 is 0 Å². The number of aromatic nitrogens is 1. The van der Waals surface area contributed by atoms with Crippen LogP contribution in [0.4, 0.5) is 11.6 Å². The van der Waals surface area contributed by atoms with Gasteiger partial charge in [-0.15, -0.1) is 0 Å². The highest BCUT2D eigenvalue weighted by Gasteiger charge is 2.18. The molecular weight excluding hydrogens is 258 g/mol. The van der Waals surface area contributed by atoms with Crippen LogP contribution in [0.25, 0.3) is 0 Å². The van der Waals surface area contributed by atoms with E-state index in [0.717, 1.165) is 30.6 Å². The Morgan fingerprint density at radius 2 is 2.05 bits per heavy atom. The lowest BCUT2D eigenvalue weighted by molar-refractivity contribution is 0.435. The fraction of sp³-hybridized carbons (Fsp3) is 0.722. The second-order valence-corrected chi connectivity index (χ2v) is 7.33. The maximum Gasteiger partial charge on any atom is 0.130 e. The molecule has 118 valence electrons. The lowest BCUT2D eigenvalue weighted by atomic mass is 9.96. The van der Waals surface area contributed by atoms with E-state index in [1.807, 2.05) is 0 Å². The Morgan fingerprint density at radius 1 is 1.24 bits per heavy atom. The quantitative estimate of drug-likeness (QED) is 0.871. The average molecular weight is 289 g/mol. The highest BCUT2D eigenvalue weighted by atomic mass is 15.2. The minimum absolute atomic E-state index is 0.0522. The SMILES string of the molecule is CCCC1CCCN(c2cccc(NC(C)(C)C)n2)CC1. The Bertz CT molecular complexity index is 436. The topological polar surface area (TPSA) is 28.2 Å². The lowest BCUT2D eigenvalue weighted by Crippen LogP contribution is -2.28. The van der Waals surface area contributed by atoms with Crippen molar-refractivity contribution in [2.24, 2.45) is 5.92 Å². The molecule has 1 aromatic heterocycles. The normalized spacial score (nSPS) is 20.2. The minimum Gasteiger partial charge on any atom is -0.365 e. The van der Waals surface area contributed by atoms with Crippen molar-refractivity contribution in [3.05, 3.63) is 18.2 Å². The first-order valence-corrected chi connectivity index (χ1v) is 8.48. The van der Waals surface area contributed by atoms with Gasteiger partial charge in [0.1, 0.15) is 11.6 Å². The van der Waals surface area contributed by atoms with Crippen molar-refractivity contribution in [2.75, 3.05) is 23.3 Å². The molecule has 0 amide bonds. The molecule has 0 saturated carbocycles. The molecule has 3 nitrogen and oxygen atoms in total. The van der Waals surface area contributed by atoms with Crippen LogP contribution in [0.15, 0.2) is 18.2 Å². The molecule has 0 radical (unpaired) electrons. The van der Waals surface area contributed by atoms with Gasteiger partial charge in [0, 0.05) is 18.6 Å². The van der Waals surface area contributed by atoms with Crippen LogP contribution in [-0.2, 0) is 0 Å². The van der Waals surface area contributed by atoms with Gasteiger partial charge in [-0.05, 0) is 58.1 Å². The fourth-order valence-corrected chi connectivity index (χ4v) is 3.14. The van der Waals surface area contributed by atoms with Crippen molar-refractivity contribution in [3.63, 3.8) is 0 Å². The van der Waals surface area contributed by atoms with Crippen LogP contribution in [0.2, 0.25) is 0 Å². The molecule has 2 rings (SSSR count). The molecule has 1 saturated heterocycles. The third-order valence-corrected chi connectivity index (χ3v) is 4.11. The Morgan fingerprint density at radius 3 is 2.76 bits per heavy atom. The lowest BCUT2D eigenvalue weighted by Gasteiger charge is -2.25. The third-order valence-electron chi connectivity index (χ3n) is 4.11. The van der Waals surface area contributed by atoms with E-state index in [1.165, 1.54) is 32.1 Å². The summed E-state index contributed by atoms with van der Waals surface area (Å²) in [6.07, 6.45) is 6.68. The minimum atomic E-state index is 0.0522. The Hall–Kier alpha value is -1.25. The molecule has 1 aliphatic rings. The van der Waals surface area contributed by atoms with Gasteiger partial charge in [0.25, 0.3) is 0 Å². The van der Waals surface area contributed by atoms with Gasteiger partial charge in [-0.25, -0.2) is 4.98 Å². The summed E-state index contributed by atoms with van der Waals surface area (Å²) in [7, 11) is 0. The van der Waals surface area contributed by atoms with E-state index < -0.39 is 0 Å². The van der Waals surface area contributed by atoms with Crippen molar-refractivity contribution in [2.45, 2.75) is 65.3 Å². The van der Waals surface area contributed by atoms with Crippen LogP contribution < -0.4 is 10.2 Å². The van der Waals surface area contributed by atoms with E-state index in [2.05, 4.69) is 56.1 Å². The summed E-state index contributed by atoms with van der Waals surface area (Å²) in [5.74, 6) is 3.02. The highest BCUT2D eigenvalue weighted by Crippen LogP contribution is 2.25. The Labute approximate surface area is 130 Å². The van der Waals surface area contributed by atoms with E-state index in [4.69, 9.17) is 4.98 Å². The zero-order chi connectivity index (χ0) is 15.3. The van der Waals surface area contributed by atoms with Gasteiger partial charge in [-0.2, -0.15) is 0 Å². The second-order valence-electron chi connectivity index (χ2n) is 7.33. The van der Waals surface area contributed by atoms with Gasteiger partial charge in [0.2, 0.25) is 0 Å². The standard InChI is InChI=1S/C18H31N3/c1-5-8-15-9-7-13-21(14-12-15)17-11-6-10-16(19-17)20-18(2,3)4/h6,10-11,15H,5,7-9,12-14H2,1-4H3,(H,19,20). The molecule has 0 bridgehead atoms. The smallest absolute Gasteiger partial charge is 0.130 e. The molecule has 1 unspecified atom stereocenters. The molecule has 0 aromatic carbocycles. The third kappa shape index (κ3) is 5.22. The first-order valence-electron chi connectivity index (χ1n) is 8.48. The maximum atomic E-state index is 4.81. The molecular formula is C18H31N3. The zero-order valence-electron chi connectivity index (χ0n) is 14.2. The number of hydrogen-bond donors (Lipinski definition) is 1. The van der Waals surface area contributed by atoms with Crippen molar-refractivity contribution in [1.82, 2.24) is 4.98 Å². The van der Waals surface area contributed by atoms with Crippen LogP contribution in [-0.4, -0.2) is 23.6 Å². The second kappa shape index (κ2) is 7.15. The van der Waals surface area contributed by atoms with Crippen molar-refractivity contribution >= 4 is 11.6 Å². The first kappa shape index (κ1) is 16.1. The van der Waals surface area contributed by atoms with Gasteiger partial charge in [0.05, 0.1) is 0 Å². The van der Waals surface area contributed by atoms with E-state index in [0.29, 0.717) is 0 Å². The summed E-state index contributed by atoms with van der Waals surface area (Å²) in [4.78, 5) is 7.27. The molecule has 0 spiro atoms. The monoisotopic (exact) mass is 289 g/mol. The predicted molar refractivity (Wildman–Crippen MR) is 92.1 cm³/mol. The number of nitrogens with one attached hydrogen (secondary N) is 1. The van der Waals surface area contributed by atoms with Gasteiger partial charge in [0.15, 0.2) is 0 Å². The zero-order valence-corrected chi connectivity index (χ0v) is 14.2. The molecule has 1 N–H and O–H groups in total. The maximum absolute atomic E-state index is 4.81. The summed E-state index contributed by atoms with van der Waals surface area (Å²) >= 11 is 0. The van der Waals surface area contributed by atoms with Crippen LogP contribution in [0.5, 0.6) is 0 Å². The van der Waals surface area contributed by atoms with Gasteiger partial charge in [-0.3, -0.25) is 0 Å². The van der Waals surface area contributed by atoms with E-state index in [9.17, 15) is 0 Å². The number of hydrogen-bond acceptors (Lipinski definition) is 3. The van der Waals surface area contributed by atoms with Crippen LogP contribution in [0.1, 0.15) is 59.8 Å². The van der Waals surface area contributed by atoms with Crippen molar-refractivity contribution < 1.29 is 0 Å². The molecule has 2 heterocycles. The predicted octanol–water partition coefficient (Wildman–Crippen LogP) is 4.70. The van der Waals surface area contributed by atoms with Gasteiger partial charge < -0.3 is 10.2 Å². The molecule has 3 heteroatoms. The van der Waals surface area contributed by atoms with Crippen molar-refractivity contribution in [1.29, 1.82) is 0 Å². The number of anilines is 2. The molecule has 0 aliphatic carbocycles. The first-order chi connectivity index (χ1) is 9.98. The summed E-state index contributed by atoms with van der Waals surface area (Å²) in [6, 6.07) is 6.32. The molecule has 1 atom stereocenters. The molecule has 1 aliphatic heterocycles. The van der Waals surface area contributed by atoms with E-state index in [1.54, 1.807) is 0 Å². The van der Waals surface area contributed by atoms with E-state index >= 15 is 0 Å². The molecule has 1 fully saturated rings. The number of nitrogens with zero attached hydrogens (tertiary/aromatic N) is 2. The number of rotatable bonds is 4. The summed E-state index contributed by atoms with van der Waals surface area (Å²) in [5.41, 5.74) is 0.0522. The fourth-order valence-electron chi connectivity index (χ4n) is 3.14. The van der Waals surface area contributed by atoms with Crippen LogP contribution in [0, 0.1) is 5.92 Å². The molecule has 21 heavy (non-hydrogen) atoms. The van der Waals surface area contributed by atoms with Gasteiger partial charge in [-0.1, -0.05) is 25.8 Å². The summed E-state index contributed by atoms with van der Waals surface area (Å²) in [6.45, 7) is 11.1. The Balaban J connectivity index is 2.02. The Kier molecular flexibility index (Phi) is 5.49. The van der Waals surface area contributed by atoms with Crippen molar-refractivity contribution in [3.8, 4) is 0 Å². The molecule has 1 aromatic rings. The van der Waals surface area contributed by atoms with E-state index in [-0.39, 0.29) is 5.54 Å². The van der Waals surface area contributed by atoms with Crippen LogP contribution >= 0.6 is 0 Å².